The summed E-state index contributed by atoms with van der Waals surface area (Å²) in [5.41, 5.74) is 1.37. The highest BCUT2D eigenvalue weighted by molar-refractivity contribution is 5.27. The number of hydrogen-bond donors (Lipinski definition) is 1. The van der Waals surface area contributed by atoms with Gasteiger partial charge in [0.2, 0.25) is 0 Å². The molecule has 1 N–H and O–H groups in total. The molecule has 18 heavy (non-hydrogen) atoms. The van der Waals surface area contributed by atoms with Crippen LogP contribution in [0, 0.1) is 0 Å². The van der Waals surface area contributed by atoms with E-state index in [0.29, 0.717) is 0 Å². The zero-order chi connectivity index (χ0) is 12.8. The second-order valence-electron chi connectivity index (χ2n) is 5.26. The largest absolute Gasteiger partial charge is 0.488 e. The predicted octanol–water partition coefficient (Wildman–Crippen LogP) is 3.71. The summed E-state index contributed by atoms with van der Waals surface area (Å²) < 4.78 is 5.88. The van der Waals surface area contributed by atoms with Crippen LogP contribution < -0.4 is 4.74 Å². The molecule has 2 atom stereocenters. The highest BCUT2D eigenvalue weighted by Gasteiger charge is 2.24. The molecule has 1 aliphatic carbocycles. The average molecular weight is 248 g/mol. The van der Waals surface area contributed by atoms with Crippen molar-refractivity contribution in [1.82, 2.24) is 0 Å². The first-order valence-electron chi connectivity index (χ1n) is 7.23. The summed E-state index contributed by atoms with van der Waals surface area (Å²) >= 11 is 0. The lowest BCUT2D eigenvalue weighted by Crippen LogP contribution is -2.34. The molecule has 0 saturated heterocycles. The van der Waals surface area contributed by atoms with E-state index in [9.17, 15) is 5.11 Å². The summed E-state index contributed by atoms with van der Waals surface area (Å²) in [5, 5.41) is 9.88. The molecule has 2 nitrogen and oxygen atoms in total. The third-order valence-corrected chi connectivity index (χ3v) is 3.70. The van der Waals surface area contributed by atoms with Gasteiger partial charge in [-0.2, -0.15) is 0 Å². The van der Waals surface area contributed by atoms with Crippen molar-refractivity contribution in [2.24, 2.45) is 0 Å². The lowest BCUT2D eigenvalue weighted by molar-refractivity contribution is 0.00687. The molecule has 2 unspecified atom stereocenters. The minimum Gasteiger partial charge on any atom is -0.488 e. The van der Waals surface area contributed by atoms with Gasteiger partial charge in [-0.15, -0.1) is 0 Å². The molecule has 0 aliphatic heterocycles. The van der Waals surface area contributed by atoms with Gasteiger partial charge in [-0.25, -0.2) is 0 Å². The fraction of sp³-hybridized carbons (Fsp3) is 0.625. The van der Waals surface area contributed by atoms with E-state index in [-0.39, 0.29) is 12.2 Å². The molecule has 0 aromatic heterocycles. The van der Waals surface area contributed by atoms with Crippen molar-refractivity contribution in [1.29, 1.82) is 0 Å². The molecule has 1 fully saturated rings. The highest BCUT2D eigenvalue weighted by atomic mass is 16.5. The molecular weight excluding hydrogens is 224 g/mol. The molecule has 1 aromatic rings. The molecule has 100 valence electrons. The predicted molar refractivity (Wildman–Crippen MR) is 73.9 cm³/mol. The summed E-state index contributed by atoms with van der Waals surface area (Å²) in [4.78, 5) is 0. The average Bonchev–Trinajstić information content (AvgIpc) is 2.41. The molecule has 0 spiro atoms. The minimum atomic E-state index is -0.293. The first-order chi connectivity index (χ1) is 8.79. The lowest BCUT2D eigenvalue weighted by Gasteiger charge is -2.28. The number of unbranched alkanes of at least 4 members (excludes halogenated alkanes) is 1. The third kappa shape index (κ3) is 3.74. The van der Waals surface area contributed by atoms with Gasteiger partial charge < -0.3 is 9.84 Å². The Hall–Kier alpha value is -1.02. The Morgan fingerprint density at radius 3 is 2.56 bits per heavy atom. The molecule has 1 saturated carbocycles. The van der Waals surface area contributed by atoms with Crippen LogP contribution in [-0.2, 0) is 6.42 Å². The number of aliphatic hydroxyl groups is 1. The normalized spacial score (nSPS) is 23.9. The second kappa shape index (κ2) is 6.79. The van der Waals surface area contributed by atoms with Crippen molar-refractivity contribution in [3.63, 3.8) is 0 Å². The van der Waals surface area contributed by atoms with E-state index in [1.807, 2.05) is 12.1 Å². The molecule has 0 amide bonds. The van der Waals surface area contributed by atoms with E-state index in [2.05, 4.69) is 19.1 Å². The molecule has 0 bridgehead atoms. The number of rotatable bonds is 5. The number of ether oxygens (including phenoxy) is 1. The number of aryl methyl sites for hydroxylation is 1. The first kappa shape index (κ1) is 13.4. The Labute approximate surface area is 110 Å². The summed E-state index contributed by atoms with van der Waals surface area (Å²) in [5.74, 6) is 0.890. The maximum absolute atomic E-state index is 9.88. The van der Waals surface area contributed by atoms with Crippen LogP contribution in [-0.4, -0.2) is 17.3 Å². The number of aliphatic hydroxyl groups excluding tert-OH is 1. The number of benzene rings is 1. The van der Waals surface area contributed by atoms with E-state index in [0.717, 1.165) is 37.9 Å². The highest BCUT2D eigenvalue weighted by Crippen LogP contribution is 2.24. The summed E-state index contributed by atoms with van der Waals surface area (Å²) in [6.07, 6.45) is 7.43. The van der Waals surface area contributed by atoms with E-state index in [4.69, 9.17) is 4.74 Å². The minimum absolute atomic E-state index is 0.0137. The van der Waals surface area contributed by atoms with E-state index >= 15 is 0 Å². The Morgan fingerprint density at radius 2 is 1.89 bits per heavy atom. The Bertz CT molecular complexity index is 345. The maximum atomic E-state index is 9.88. The van der Waals surface area contributed by atoms with Crippen molar-refractivity contribution in [2.45, 2.75) is 64.1 Å². The van der Waals surface area contributed by atoms with E-state index in [1.165, 1.54) is 18.4 Å². The van der Waals surface area contributed by atoms with Gasteiger partial charge in [-0.05, 0) is 49.8 Å². The molecule has 1 aliphatic rings. The SMILES string of the molecule is CCCCc1ccc(OC2CCCCC2O)cc1. The molecular formula is C16H24O2. The van der Waals surface area contributed by atoms with Crippen molar-refractivity contribution >= 4 is 0 Å². The Balaban J connectivity index is 1.89. The zero-order valence-electron chi connectivity index (χ0n) is 11.3. The topological polar surface area (TPSA) is 29.5 Å². The standard InChI is InChI=1S/C16H24O2/c1-2-3-6-13-9-11-14(12-10-13)18-16-8-5-4-7-15(16)17/h9-12,15-17H,2-8H2,1H3. The third-order valence-electron chi connectivity index (χ3n) is 3.70. The summed E-state index contributed by atoms with van der Waals surface area (Å²) in [7, 11) is 0. The van der Waals surface area contributed by atoms with Crippen molar-refractivity contribution in [3.8, 4) is 5.75 Å². The summed E-state index contributed by atoms with van der Waals surface area (Å²) in [6.45, 7) is 2.21. The van der Waals surface area contributed by atoms with Gasteiger partial charge in [-0.3, -0.25) is 0 Å². The molecule has 2 rings (SSSR count). The van der Waals surface area contributed by atoms with Gasteiger partial charge >= 0.3 is 0 Å². The van der Waals surface area contributed by atoms with Crippen LogP contribution in [0.25, 0.3) is 0 Å². The Kier molecular flexibility index (Phi) is 5.06. The maximum Gasteiger partial charge on any atom is 0.124 e. The van der Waals surface area contributed by atoms with Crippen LogP contribution in [0.15, 0.2) is 24.3 Å². The van der Waals surface area contributed by atoms with Crippen LogP contribution in [0.2, 0.25) is 0 Å². The first-order valence-corrected chi connectivity index (χ1v) is 7.23. The van der Waals surface area contributed by atoms with Gasteiger partial charge in [0.25, 0.3) is 0 Å². The van der Waals surface area contributed by atoms with E-state index in [1.54, 1.807) is 0 Å². The van der Waals surface area contributed by atoms with Gasteiger partial charge in [0.15, 0.2) is 0 Å². The second-order valence-corrected chi connectivity index (χ2v) is 5.26. The van der Waals surface area contributed by atoms with Crippen LogP contribution in [0.1, 0.15) is 51.0 Å². The van der Waals surface area contributed by atoms with Crippen LogP contribution in [0.5, 0.6) is 5.75 Å². The van der Waals surface area contributed by atoms with Gasteiger partial charge in [0.1, 0.15) is 11.9 Å². The molecule has 0 radical (unpaired) electrons. The van der Waals surface area contributed by atoms with E-state index < -0.39 is 0 Å². The van der Waals surface area contributed by atoms with Gasteiger partial charge in [-0.1, -0.05) is 31.9 Å². The number of hydrogen-bond acceptors (Lipinski definition) is 2. The monoisotopic (exact) mass is 248 g/mol. The van der Waals surface area contributed by atoms with Gasteiger partial charge in [0, 0.05) is 0 Å². The zero-order valence-corrected chi connectivity index (χ0v) is 11.3. The quantitative estimate of drug-likeness (QED) is 0.860. The lowest BCUT2D eigenvalue weighted by atomic mass is 9.95. The van der Waals surface area contributed by atoms with Crippen LogP contribution in [0.4, 0.5) is 0 Å². The van der Waals surface area contributed by atoms with Crippen LogP contribution in [0.3, 0.4) is 0 Å². The van der Waals surface area contributed by atoms with Crippen molar-refractivity contribution < 1.29 is 9.84 Å². The Morgan fingerprint density at radius 1 is 1.17 bits per heavy atom. The molecule has 0 heterocycles. The fourth-order valence-electron chi connectivity index (χ4n) is 2.51. The van der Waals surface area contributed by atoms with Crippen molar-refractivity contribution in [2.75, 3.05) is 0 Å². The fourth-order valence-corrected chi connectivity index (χ4v) is 2.51. The van der Waals surface area contributed by atoms with Crippen molar-refractivity contribution in [3.05, 3.63) is 29.8 Å². The van der Waals surface area contributed by atoms with Crippen LogP contribution >= 0.6 is 0 Å². The molecule has 1 aromatic carbocycles. The summed E-state index contributed by atoms with van der Waals surface area (Å²) in [6, 6.07) is 8.35. The molecule has 2 heteroatoms. The smallest absolute Gasteiger partial charge is 0.124 e. The van der Waals surface area contributed by atoms with Gasteiger partial charge in [0.05, 0.1) is 6.10 Å².